The summed E-state index contributed by atoms with van der Waals surface area (Å²) >= 11 is 1.79. The number of hydrogen-bond donors (Lipinski definition) is 0. The SMILES string of the molecule is CC.CC=O.CN(C(=O)OC(C)(C)C)C1CCC(Oc2ncnc3sc4c(c23)CCC4)CC1. The molecule has 0 aromatic carbocycles. The van der Waals surface area contributed by atoms with Crippen LogP contribution in [0.3, 0.4) is 0 Å². The Labute approximate surface area is 201 Å². The van der Waals surface area contributed by atoms with Crippen LogP contribution in [0, 0.1) is 0 Å². The highest BCUT2D eigenvalue weighted by atomic mass is 32.1. The van der Waals surface area contributed by atoms with Crippen LogP contribution in [0.1, 0.15) is 84.1 Å². The maximum Gasteiger partial charge on any atom is 0.410 e. The van der Waals surface area contributed by atoms with Crippen LogP contribution in [0.5, 0.6) is 5.88 Å². The highest BCUT2D eigenvalue weighted by Crippen LogP contribution is 2.40. The van der Waals surface area contributed by atoms with Crippen LogP contribution in [0.4, 0.5) is 4.79 Å². The van der Waals surface area contributed by atoms with Crippen LogP contribution in [0.2, 0.25) is 0 Å². The Balaban J connectivity index is 0.000000714. The molecular weight excluding hydrogens is 438 g/mol. The summed E-state index contributed by atoms with van der Waals surface area (Å²) in [5, 5.41) is 1.13. The zero-order chi connectivity index (χ0) is 24.6. The number of rotatable bonds is 3. The van der Waals surface area contributed by atoms with Gasteiger partial charge in [0.15, 0.2) is 0 Å². The first kappa shape index (κ1) is 27.0. The number of fused-ring (bicyclic) bond motifs is 3. The van der Waals surface area contributed by atoms with E-state index in [4.69, 9.17) is 14.3 Å². The number of aldehydes is 1. The van der Waals surface area contributed by atoms with Gasteiger partial charge in [-0.05, 0) is 78.2 Å². The molecule has 0 atom stereocenters. The number of carbonyl (C=O) groups is 2. The Morgan fingerprint density at radius 2 is 1.79 bits per heavy atom. The van der Waals surface area contributed by atoms with E-state index in [1.165, 1.54) is 23.8 Å². The van der Waals surface area contributed by atoms with Crippen molar-refractivity contribution in [1.29, 1.82) is 0 Å². The standard InChI is InChI=1S/C21H29N3O3S.C2H4O.C2H6/c1-21(2,3)27-20(25)24(4)13-8-10-14(11-9-13)26-18-17-15-6-5-7-16(15)28-19(17)23-12-22-18;1-2-3;1-2/h12-14H,5-11H2,1-4H3;2H,1H3;1-2H3. The first-order chi connectivity index (χ1) is 15.7. The van der Waals surface area contributed by atoms with E-state index < -0.39 is 5.60 Å². The van der Waals surface area contributed by atoms with Gasteiger partial charge < -0.3 is 19.2 Å². The number of carbonyl (C=O) groups excluding carboxylic acids is 2. The normalized spacial score (nSPS) is 19.4. The zero-order valence-corrected chi connectivity index (χ0v) is 22.0. The predicted molar refractivity (Wildman–Crippen MR) is 133 cm³/mol. The highest BCUT2D eigenvalue weighted by Gasteiger charge is 2.31. The van der Waals surface area contributed by atoms with Gasteiger partial charge in [-0.3, -0.25) is 0 Å². The molecule has 2 aliphatic rings. The van der Waals surface area contributed by atoms with E-state index in [1.54, 1.807) is 22.6 Å². The van der Waals surface area contributed by atoms with E-state index >= 15 is 0 Å². The highest BCUT2D eigenvalue weighted by molar-refractivity contribution is 7.18. The molecule has 2 aromatic rings. The Bertz CT molecular complexity index is 914. The van der Waals surface area contributed by atoms with Crippen molar-refractivity contribution < 1.29 is 19.1 Å². The van der Waals surface area contributed by atoms with Crippen molar-refractivity contribution in [2.75, 3.05) is 7.05 Å². The van der Waals surface area contributed by atoms with Crippen LogP contribution in [-0.4, -0.2) is 52.0 Å². The molecule has 2 aromatic heterocycles. The summed E-state index contributed by atoms with van der Waals surface area (Å²) in [5.41, 5.74) is 0.930. The largest absolute Gasteiger partial charge is 0.474 e. The van der Waals surface area contributed by atoms with Crippen LogP contribution in [0.15, 0.2) is 6.33 Å². The topological polar surface area (TPSA) is 81.6 Å². The van der Waals surface area contributed by atoms with Gasteiger partial charge in [-0.2, -0.15) is 0 Å². The second-order valence-electron chi connectivity index (χ2n) is 9.09. The molecule has 0 N–H and O–H groups in total. The summed E-state index contributed by atoms with van der Waals surface area (Å²) in [4.78, 5) is 34.3. The number of ether oxygens (including phenoxy) is 2. The van der Waals surface area contributed by atoms with Crippen molar-refractivity contribution in [2.24, 2.45) is 0 Å². The molecule has 1 fully saturated rings. The van der Waals surface area contributed by atoms with Crippen molar-refractivity contribution in [1.82, 2.24) is 14.9 Å². The fourth-order valence-corrected chi connectivity index (χ4v) is 5.40. The molecule has 0 saturated heterocycles. The first-order valence-corrected chi connectivity index (χ1v) is 12.8. The van der Waals surface area contributed by atoms with Crippen LogP contribution < -0.4 is 4.74 Å². The fraction of sp³-hybridized carbons (Fsp3) is 0.680. The Morgan fingerprint density at radius 3 is 2.39 bits per heavy atom. The monoisotopic (exact) mass is 477 g/mol. The maximum absolute atomic E-state index is 12.3. The van der Waals surface area contributed by atoms with E-state index in [0.29, 0.717) is 0 Å². The molecule has 2 aliphatic carbocycles. The molecule has 0 unspecified atom stereocenters. The van der Waals surface area contributed by atoms with Crippen molar-refractivity contribution in [2.45, 2.75) is 104 Å². The van der Waals surface area contributed by atoms with Gasteiger partial charge >= 0.3 is 6.09 Å². The molecule has 7 nitrogen and oxygen atoms in total. The van der Waals surface area contributed by atoms with E-state index in [-0.39, 0.29) is 18.2 Å². The number of aryl methyl sites for hydroxylation is 2. The van der Waals surface area contributed by atoms with E-state index in [0.717, 1.165) is 60.9 Å². The van der Waals surface area contributed by atoms with Crippen LogP contribution in [0.25, 0.3) is 10.2 Å². The molecule has 4 rings (SSSR count). The molecule has 0 spiro atoms. The van der Waals surface area contributed by atoms with E-state index in [1.807, 2.05) is 41.7 Å². The molecule has 0 bridgehead atoms. The number of amides is 1. The third-order valence-electron chi connectivity index (χ3n) is 5.62. The average Bonchev–Trinajstić information content (AvgIpc) is 3.36. The maximum atomic E-state index is 12.3. The third-order valence-corrected chi connectivity index (χ3v) is 6.82. The van der Waals surface area contributed by atoms with Gasteiger partial charge in [-0.15, -0.1) is 11.3 Å². The van der Waals surface area contributed by atoms with Crippen molar-refractivity contribution >= 4 is 33.9 Å². The Hall–Kier alpha value is -2.22. The summed E-state index contributed by atoms with van der Waals surface area (Å²) in [7, 11) is 1.84. The third kappa shape index (κ3) is 7.13. The first-order valence-electron chi connectivity index (χ1n) is 12.0. The Kier molecular flexibility index (Phi) is 10.1. The quantitative estimate of drug-likeness (QED) is 0.507. The molecule has 0 radical (unpaired) electrons. The lowest BCUT2D eigenvalue weighted by atomic mass is 9.92. The smallest absolute Gasteiger partial charge is 0.410 e. The number of thiophene rings is 1. The second kappa shape index (κ2) is 12.3. The van der Waals surface area contributed by atoms with E-state index in [9.17, 15) is 4.79 Å². The molecule has 184 valence electrons. The molecule has 8 heteroatoms. The van der Waals surface area contributed by atoms with Gasteiger partial charge in [-0.25, -0.2) is 14.8 Å². The summed E-state index contributed by atoms with van der Waals surface area (Å²) in [6.45, 7) is 11.1. The lowest BCUT2D eigenvalue weighted by molar-refractivity contribution is -0.106. The van der Waals surface area contributed by atoms with Crippen molar-refractivity contribution in [3.05, 3.63) is 16.8 Å². The minimum atomic E-state index is -0.467. The minimum Gasteiger partial charge on any atom is -0.474 e. The predicted octanol–water partition coefficient (Wildman–Crippen LogP) is 5.97. The lowest BCUT2D eigenvalue weighted by Gasteiger charge is -2.35. The Morgan fingerprint density at radius 1 is 1.15 bits per heavy atom. The lowest BCUT2D eigenvalue weighted by Crippen LogP contribution is -2.43. The van der Waals surface area contributed by atoms with Gasteiger partial charge in [0, 0.05) is 18.0 Å². The summed E-state index contributed by atoms with van der Waals surface area (Å²) < 4.78 is 11.8. The second-order valence-corrected chi connectivity index (χ2v) is 10.2. The molecular formula is C25H39N3O4S. The molecule has 1 amide bonds. The number of nitrogens with zero attached hydrogens (tertiary/aromatic N) is 3. The average molecular weight is 478 g/mol. The van der Waals surface area contributed by atoms with Gasteiger partial charge in [0.1, 0.15) is 29.1 Å². The van der Waals surface area contributed by atoms with Gasteiger partial charge in [-0.1, -0.05) is 13.8 Å². The van der Waals surface area contributed by atoms with Crippen molar-refractivity contribution in [3.8, 4) is 5.88 Å². The van der Waals surface area contributed by atoms with Crippen molar-refractivity contribution in [3.63, 3.8) is 0 Å². The van der Waals surface area contributed by atoms with Crippen LogP contribution in [-0.2, 0) is 22.4 Å². The van der Waals surface area contributed by atoms with E-state index in [2.05, 4.69) is 9.97 Å². The molecule has 0 aliphatic heterocycles. The fourth-order valence-electron chi connectivity index (χ4n) is 4.18. The molecule has 1 saturated carbocycles. The minimum absolute atomic E-state index is 0.137. The number of aromatic nitrogens is 2. The van der Waals surface area contributed by atoms with Crippen LogP contribution >= 0.6 is 11.3 Å². The summed E-state index contributed by atoms with van der Waals surface area (Å²) in [5.74, 6) is 0.744. The molecule has 33 heavy (non-hydrogen) atoms. The van der Waals surface area contributed by atoms with Gasteiger partial charge in [0.05, 0.1) is 5.39 Å². The summed E-state index contributed by atoms with van der Waals surface area (Å²) in [6.07, 6.45) is 9.38. The van der Waals surface area contributed by atoms with Gasteiger partial charge in [0.2, 0.25) is 5.88 Å². The summed E-state index contributed by atoms with van der Waals surface area (Å²) in [6, 6.07) is 0.200. The zero-order valence-electron chi connectivity index (χ0n) is 21.1. The molecule has 2 heterocycles. The number of hydrogen-bond acceptors (Lipinski definition) is 7. The van der Waals surface area contributed by atoms with Gasteiger partial charge in [0.25, 0.3) is 0 Å².